The highest BCUT2D eigenvalue weighted by Crippen LogP contribution is 2.30. The Kier molecular flexibility index (Phi) is 6.90. The van der Waals surface area contributed by atoms with Gasteiger partial charge in [-0.3, -0.25) is 9.78 Å². The van der Waals surface area contributed by atoms with Crippen molar-refractivity contribution in [1.29, 1.82) is 0 Å². The summed E-state index contributed by atoms with van der Waals surface area (Å²) in [6.45, 7) is 6.80. The number of amides is 1. The summed E-state index contributed by atoms with van der Waals surface area (Å²) < 4.78 is 11.4. The van der Waals surface area contributed by atoms with Crippen LogP contribution in [0.4, 0.5) is 11.4 Å². The Labute approximate surface area is 196 Å². The first-order valence-electron chi connectivity index (χ1n) is 12.2. The maximum atomic E-state index is 13.4. The van der Waals surface area contributed by atoms with Crippen LogP contribution in [0.25, 0.3) is 0 Å². The van der Waals surface area contributed by atoms with Crippen LogP contribution in [0.3, 0.4) is 0 Å². The van der Waals surface area contributed by atoms with Gasteiger partial charge in [0, 0.05) is 64.2 Å². The van der Waals surface area contributed by atoms with Crippen LogP contribution in [0, 0.1) is 0 Å². The molecule has 3 aliphatic rings. The van der Waals surface area contributed by atoms with E-state index in [-0.39, 0.29) is 5.91 Å². The summed E-state index contributed by atoms with van der Waals surface area (Å²) in [5.74, 6) is 0.577. The summed E-state index contributed by atoms with van der Waals surface area (Å²) in [5, 5.41) is 0. The zero-order valence-corrected chi connectivity index (χ0v) is 19.5. The smallest absolute Gasteiger partial charge is 0.256 e. The predicted octanol–water partition coefficient (Wildman–Crippen LogP) is 2.70. The van der Waals surface area contributed by atoms with Crippen molar-refractivity contribution >= 4 is 17.3 Å². The van der Waals surface area contributed by atoms with Gasteiger partial charge in [0.1, 0.15) is 6.10 Å². The molecule has 1 unspecified atom stereocenters. The lowest BCUT2D eigenvalue weighted by atomic mass is 9.91. The molecule has 0 aliphatic carbocycles. The normalized spacial score (nSPS) is 23.2. The van der Waals surface area contributed by atoms with Crippen molar-refractivity contribution < 1.29 is 14.3 Å². The first-order valence-corrected chi connectivity index (χ1v) is 12.2. The fourth-order valence-electron chi connectivity index (χ4n) is 5.10. The minimum absolute atomic E-state index is 0.0232. The van der Waals surface area contributed by atoms with Gasteiger partial charge in [-0.2, -0.15) is 0 Å². The zero-order chi connectivity index (χ0) is 22.6. The highest BCUT2D eigenvalue weighted by atomic mass is 16.5. The van der Waals surface area contributed by atoms with Gasteiger partial charge in [0.15, 0.2) is 0 Å². The zero-order valence-electron chi connectivity index (χ0n) is 19.5. The van der Waals surface area contributed by atoms with Crippen LogP contribution in [0.2, 0.25) is 0 Å². The van der Waals surface area contributed by atoms with E-state index < -0.39 is 6.10 Å². The number of ether oxygens (including phenoxy) is 2. The summed E-state index contributed by atoms with van der Waals surface area (Å²) in [6, 6.07) is 12.6. The molecule has 0 bridgehead atoms. The Morgan fingerprint density at radius 1 is 0.970 bits per heavy atom. The molecular weight excluding hydrogens is 416 g/mol. The molecular formula is C26H34N4O3. The number of anilines is 2. The molecule has 1 aromatic heterocycles. The number of carbonyl (C=O) groups is 1. The Morgan fingerprint density at radius 3 is 2.48 bits per heavy atom. The number of hydrogen-bond donors (Lipinski definition) is 0. The van der Waals surface area contributed by atoms with E-state index in [0.717, 1.165) is 69.3 Å². The largest absolute Gasteiger partial charge is 0.381 e. The molecule has 0 radical (unpaired) electrons. The van der Waals surface area contributed by atoms with E-state index in [1.54, 1.807) is 0 Å². The molecule has 2 aromatic rings. The van der Waals surface area contributed by atoms with Crippen molar-refractivity contribution in [2.24, 2.45) is 0 Å². The fraction of sp³-hybridized carbons (Fsp3) is 0.538. The van der Waals surface area contributed by atoms with Crippen molar-refractivity contribution in [3.8, 4) is 0 Å². The Balaban J connectivity index is 1.28. The van der Waals surface area contributed by atoms with Gasteiger partial charge in [-0.1, -0.05) is 12.1 Å². The van der Waals surface area contributed by atoms with Crippen molar-refractivity contribution in [1.82, 2.24) is 9.88 Å². The summed E-state index contributed by atoms with van der Waals surface area (Å²) in [5.41, 5.74) is 4.35. The van der Waals surface area contributed by atoms with Gasteiger partial charge in [-0.25, -0.2) is 0 Å². The lowest BCUT2D eigenvalue weighted by Gasteiger charge is -2.36. The van der Waals surface area contributed by atoms with Crippen LogP contribution in [0.1, 0.15) is 30.0 Å². The molecule has 3 fully saturated rings. The average molecular weight is 451 g/mol. The molecule has 5 rings (SSSR count). The van der Waals surface area contributed by atoms with E-state index in [9.17, 15) is 4.79 Å². The molecule has 33 heavy (non-hydrogen) atoms. The van der Waals surface area contributed by atoms with Crippen molar-refractivity contribution in [3.05, 3.63) is 53.9 Å². The van der Waals surface area contributed by atoms with Crippen LogP contribution < -0.4 is 9.80 Å². The number of pyridine rings is 1. The van der Waals surface area contributed by atoms with Crippen LogP contribution in [0.15, 0.2) is 42.6 Å². The van der Waals surface area contributed by atoms with Crippen molar-refractivity contribution in [2.45, 2.75) is 31.3 Å². The minimum Gasteiger partial charge on any atom is -0.381 e. The summed E-state index contributed by atoms with van der Waals surface area (Å²) in [7, 11) is 2.15. The molecule has 1 amide bonds. The third-order valence-corrected chi connectivity index (χ3v) is 7.16. The predicted molar refractivity (Wildman–Crippen MR) is 129 cm³/mol. The van der Waals surface area contributed by atoms with E-state index >= 15 is 0 Å². The number of nitrogens with zero attached hydrogens (tertiary/aromatic N) is 4. The molecule has 4 heterocycles. The van der Waals surface area contributed by atoms with Crippen molar-refractivity contribution in [3.63, 3.8) is 0 Å². The van der Waals surface area contributed by atoms with Gasteiger partial charge in [-0.05, 0) is 55.6 Å². The number of aromatic nitrogens is 1. The van der Waals surface area contributed by atoms with Gasteiger partial charge in [0.05, 0.1) is 18.0 Å². The topological polar surface area (TPSA) is 58.1 Å². The van der Waals surface area contributed by atoms with E-state index in [1.807, 2.05) is 17.2 Å². The quantitative estimate of drug-likeness (QED) is 0.698. The van der Waals surface area contributed by atoms with Gasteiger partial charge in [0.2, 0.25) is 0 Å². The second kappa shape index (κ2) is 10.2. The van der Waals surface area contributed by atoms with E-state index in [0.29, 0.717) is 25.5 Å². The third-order valence-electron chi connectivity index (χ3n) is 7.16. The molecule has 7 heteroatoms. The van der Waals surface area contributed by atoms with Crippen LogP contribution in [-0.2, 0) is 20.7 Å². The molecule has 176 valence electrons. The second-order valence-electron chi connectivity index (χ2n) is 9.29. The molecule has 0 saturated carbocycles. The van der Waals surface area contributed by atoms with Gasteiger partial charge >= 0.3 is 0 Å². The molecule has 1 atom stereocenters. The number of morpholine rings is 1. The summed E-state index contributed by atoms with van der Waals surface area (Å²) in [4.78, 5) is 24.6. The Bertz CT molecular complexity index is 937. The first kappa shape index (κ1) is 22.3. The number of carbonyl (C=O) groups excluding carboxylic acids is 1. The number of benzene rings is 1. The van der Waals surface area contributed by atoms with Crippen LogP contribution >= 0.6 is 0 Å². The van der Waals surface area contributed by atoms with E-state index in [1.165, 1.54) is 5.56 Å². The van der Waals surface area contributed by atoms with Crippen LogP contribution in [0.5, 0.6) is 0 Å². The molecule has 3 saturated heterocycles. The summed E-state index contributed by atoms with van der Waals surface area (Å²) in [6.07, 6.45) is 3.94. The van der Waals surface area contributed by atoms with E-state index in [4.69, 9.17) is 9.47 Å². The highest BCUT2D eigenvalue weighted by Gasteiger charge is 2.32. The van der Waals surface area contributed by atoms with E-state index in [2.05, 4.69) is 52.2 Å². The molecule has 0 spiro atoms. The first-order chi connectivity index (χ1) is 16.2. The highest BCUT2D eigenvalue weighted by molar-refractivity contribution is 5.97. The van der Waals surface area contributed by atoms with Crippen molar-refractivity contribution in [2.75, 3.05) is 69.4 Å². The monoisotopic (exact) mass is 450 g/mol. The third kappa shape index (κ3) is 5.05. The average Bonchev–Trinajstić information content (AvgIpc) is 2.87. The minimum atomic E-state index is -0.505. The Morgan fingerprint density at radius 2 is 1.73 bits per heavy atom. The van der Waals surface area contributed by atoms with Gasteiger partial charge in [0.25, 0.3) is 5.91 Å². The SMILES string of the molecule is CN1CCN(c2cccnc2CC2OCCN(c3ccc(C4CCOCC4)cc3)C2=O)CC1. The molecule has 1 aromatic carbocycles. The number of likely N-dealkylation sites (N-methyl/N-ethyl adjacent to an activating group) is 1. The fourth-order valence-corrected chi connectivity index (χ4v) is 5.10. The standard InChI is InChI=1S/C26H34N4O3/c1-28-11-13-29(14-12-28)24-3-2-10-27-23(24)19-25-26(31)30(15-18-33-25)22-6-4-20(5-7-22)21-8-16-32-17-9-21/h2-7,10,21,25H,8-9,11-19H2,1H3. The molecule has 0 N–H and O–H groups in total. The maximum Gasteiger partial charge on any atom is 0.256 e. The lowest BCUT2D eigenvalue weighted by molar-refractivity contribution is -0.133. The lowest BCUT2D eigenvalue weighted by Crippen LogP contribution is -2.49. The van der Waals surface area contributed by atoms with Gasteiger partial charge < -0.3 is 24.2 Å². The summed E-state index contributed by atoms with van der Waals surface area (Å²) >= 11 is 0. The second-order valence-corrected chi connectivity index (χ2v) is 9.29. The number of piperazine rings is 1. The van der Waals surface area contributed by atoms with Crippen LogP contribution in [-0.4, -0.2) is 81.5 Å². The maximum absolute atomic E-state index is 13.4. The molecule has 7 nitrogen and oxygen atoms in total. The number of hydrogen-bond acceptors (Lipinski definition) is 6. The van der Waals surface area contributed by atoms with Gasteiger partial charge in [-0.15, -0.1) is 0 Å². The number of rotatable bonds is 5. The molecule has 3 aliphatic heterocycles. The Hall–Kier alpha value is -2.48.